The molecule has 0 N–H and O–H groups in total. The van der Waals surface area contributed by atoms with E-state index in [1.54, 1.807) is 6.92 Å². The molecule has 0 saturated heterocycles. The largest absolute Gasteiger partial charge is 0.466 e. The van der Waals surface area contributed by atoms with Crippen LogP contribution in [0.1, 0.15) is 19.0 Å². The number of esters is 1. The lowest BCUT2D eigenvalue weighted by molar-refractivity contribution is -0.144. The third-order valence-corrected chi connectivity index (χ3v) is 2.61. The van der Waals surface area contributed by atoms with E-state index in [2.05, 4.69) is 5.10 Å². The van der Waals surface area contributed by atoms with E-state index in [4.69, 9.17) is 4.74 Å². The summed E-state index contributed by atoms with van der Waals surface area (Å²) in [5.74, 6) is -0.883. The highest BCUT2D eigenvalue weighted by Gasteiger charge is 2.33. The Morgan fingerprint density at radius 2 is 2.10 bits per heavy atom. The van der Waals surface area contributed by atoms with Gasteiger partial charge >= 0.3 is 12.1 Å². The van der Waals surface area contributed by atoms with Gasteiger partial charge in [-0.15, -0.1) is 0 Å². The summed E-state index contributed by atoms with van der Waals surface area (Å²) >= 11 is 0. The molecule has 1 amide bonds. The molecular weight excluding hydrogens is 291 g/mol. The van der Waals surface area contributed by atoms with Crippen molar-refractivity contribution in [3.63, 3.8) is 0 Å². The maximum atomic E-state index is 12.4. The molecule has 1 aromatic heterocycles. The van der Waals surface area contributed by atoms with Crippen LogP contribution in [0, 0.1) is 0 Å². The first-order valence-electron chi connectivity index (χ1n) is 6.24. The summed E-state index contributed by atoms with van der Waals surface area (Å²) in [6, 6.07) is 0.798. The standard InChI is InChI=1S/C12H16F3N3O3/c1-3-21-11(20)5-6-17(2)10(19)8-18-7-4-9(16-18)12(13,14)15/h4,7H,3,5-6,8H2,1-2H3. The number of carbonyl (C=O) groups is 2. The molecule has 1 rings (SSSR count). The van der Waals surface area contributed by atoms with Gasteiger partial charge in [-0.3, -0.25) is 14.3 Å². The van der Waals surface area contributed by atoms with Crippen molar-refractivity contribution in [1.82, 2.24) is 14.7 Å². The molecule has 1 heterocycles. The van der Waals surface area contributed by atoms with Gasteiger partial charge in [0.1, 0.15) is 6.54 Å². The second kappa shape index (κ2) is 7.09. The number of carbonyl (C=O) groups excluding carboxylic acids is 2. The topological polar surface area (TPSA) is 64.4 Å². The molecule has 0 aromatic carbocycles. The van der Waals surface area contributed by atoms with Crippen LogP contribution in [0.25, 0.3) is 0 Å². The fourth-order valence-electron chi connectivity index (χ4n) is 1.48. The van der Waals surface area contributed by atoms with Crippen molar-refractivity contribution in [3.8, 4) is 0 Å². The zero-order valence-electron chi connectivity index (χ0n) is 11.7. The van der Waals surface area contributed by atoms with E-state index in [1.165, 1.54) is 11.9 Å². The highest BCUT2D eigenvalue weighted by molar-refractivity contribution is 5.76. The minimum Gasteiger partial charge on any atom is -0.466 e. The molecule has 6 nitrogen and oxygen atoms in total. The Hall–Kier alpha value is -2.06. The van der Waals surface area contributed by atoms with Crippen LogP contribution in [-0.2, 0) is 27.0 Å². The zero-order valence-corrected chi connectivity index (χ0v) is 11.7. The first kappa shape index (κ1) is 17.0. The number of ether oxygens (including phenoxy) is 1. The molecule has 0 unspecified atom stereocenters. The number of aromatic nitrogens is 2. The maximum Gasteiger partial charge on any atom is 0.435 e. The van der Waals surface area contributed by atoms with E-state index in [0.29, 0.717) is 0 Å². The van der Waals surface area contributed by atoms with Gasteiger partial charge in [0, 0.05) is 19.8 Å². The maximum absolute atomic E-state index is 12.4. The van der Waals surface area contributed by atoms with E-state index in [-0.39, 0.29) is 26.1 Å². The Balaban J connectivity index is 2.49. The Morgan fingerprint density at radius 1 is 1.43 bits per heavy atom. The third kappa shape index (κ3) is 5.44. The summed E-state index contributed by atoms with van der Waals surface area (Å²) < 4.78 is 42.7. The molecule has 21 heavy (non-hydrogen) atoms. The van der Waals surface area contributed by atoms with Crippen molar-refractivity contribution in [3.05, 3.63) is 18.0 Å². The van der Waals surface area contributed by atoms with Gasteiger partial charge < -0.3 is 9.64 Å². The van der Waals surface area contributed by atoms with Crippen molar-refractivity contribution >= 4 is 11.9 Å². The molecular formula is C12H16F3N3O3. The molecule has 0 aliphatic rings. The van der Waals surface area contributed by atoms with Crippen LogP contribution in [0.5, 0.6) is 0 Å². The van der Waals surface area contributed by atoms with Crippen molar-refractivity contribution in [2.24, 2.45) is 0 Å². The number of rotatable bonds is 6. The number of hydrogen-bond acceptors (Lipinski definition) is 4. The molecule has 0 saturated carbocycles. The number of alkyl halides is 3. The quantitative estimate of drug-likeness (QED) is 0.743. The van der Waals surface area contributed by atoms with Crippen LogP contribution < -0.4 is 0 Å². The van der Waals surface area contributed by atoms with Gasteiger partial charge in [0.25, 0.3) is 0 Å². The molecule has 0 spiro atoms. The smallest absolute Gasteiger partial charge is 0.435 e. The average molecular weight is 307 g/mol. The molecule has 1 aromatic rings. The molecule has 9 heteroatoms. The van der Waals surface area contributed by atoms with E-state index < -0.39 is 23.7 Å². The lowest BCUT2D eigenvalue weighted by Gasteiger charge is -2.16. The van der Waals surface area contributed by atoms with Crippen LogP contribution >= 0.6 is 0 Å². The molecule has 0 fully saturated rings. The van der Waals surface area contributed by atoms with Gasteiger partial charge in [0.2, 0.25) is 5.91 Å². The lowest BCUT2D eigenvalue weighted by Crippen LogP contribution is -2.32. The molecule has 0 aliphatic heterocycles. The molecule has 0 radical (unpaired) electrons. The highest BCUT2D eigenvalue weighted by Crippen LogP contribution is 2.27. The second-order valence-corrected chi connectivity index (χ2v) is 4.27. The summed E-state index contributed by atoms with van der Waals surface area (Å²) in [5.41, 5.74) is -1.05. The van der Waals surface area contributed by atoms with Gasteiger partial charge in [-0.05, 0) is 13.0 Å². The lowest BCUT2D eigenvalue weighted by atomic mass is 10.4. The number of amides is 1. The van der Waals surface area contributed by atoms with E-state index >= 15 is 0 Å². The third-order valence-electron chi connectivity index (χ3n) is 2.61. The van der Waals surface area contributed by atoms with Crippen LogP contribution in [0.4, 0.5) is 13.2 Å². The predicted molar refractivity (Wildman–Crippen MR) is 66.1 cm³/mol. The first-order valence-corrected chi connectivity index (χ1v) is 6.24. The van der Waals surface area contributed by atoms with E-state index in [1.807, 2.05) is 0 Å². The van der Waals surface area contributed by atoms with Crippen LogP contribution in [-0.4, -0.2) is 46.8 Å². The van der Waals surface area contributed by atoms with Crippen LogP contribution in [0.3, 0.4) is 0 Å². The van der Waals surface area contributed by atoms with Gasteiger partial charge in [0.05, 0.1) is 13.0 Å². The van der Waals surface area contributed by atoms with Crippen molar-refractivity contribution in [1.29, 1.82) is 0 Å². The minimum absolute atomic E-state index is 0.0307. The SMILES string of the molecule is CCOC(=O)CCN(C)C(=O)Cn1ccc(C(F)(F)F)n1. The van der Waals surface area contributed by atoms with Gasteiger partial charge in [-0.25, -0.2) is 0 Å². The van der Waals surface area contributed by atoms with Crippen molar-refractivity contribution in [2.75, 3.05) is 20.2 Å². The minimum atomic E-state index is -4.54. The van der Waals surface area contributed by atoms with Crippen LogP contribution in [0.2, 0.25) is 0 Å². The number of likely N-dealkylation sites (N-methyl/N-ethyl adjacent to an activating group) is 1. The Labute approximate surface area is 119 Å². The van der Waals surface area contributed by atoms with Crippen molar-refractivity contribution < 1.29 is 27.5 Å². The highest BCUT2D eigenvalue weighted by atomic mass is 19.4. The predicted octanol–water partition coefficient (Wildman–Crippen LogP) is 1.31. The Morgan fingerprint density at radius 3 is 2.62 bits per heavy atom. The molecule has 0 bridgehead atoms. The normalized spacial score (nSPS) is 11.3. The Bertz CT molecular complexity index is 499. The number of halogens is 3. The molecule has 0 atom stereocenters. The first-order chi connectivity index (χ1) is 9.74. The average Bonchev–Trinajstić information content (AvgIpc) is 2.84. The van der Waals surface area contributed by atoms with Gasteiger partial charge in [0.15, 0.2) is 5.69 Å². The Kier molecular flexibility index (Phi) is 5.74. The van der Waals surface area contributed by atoms with E-state index in [9.17, 15) is 22.8 Å². The van der Waals surface area contributed by atoms with Gasteiger partial charge in [-0.2, -0.15) is 18.3 Å². The summed E-state index contributed by atoms with van der Waals surface area (Å²) in [7, 11) is 1.45. The molecule has 118 valence electrons. The van der Waals surface area contributed by atoms with Crippen LogP contribution in [0.15, 0.2) is 12.3 Å². The fourth-order valence-corrected chi connectivity index (χ4v) is 1.48. The zero-order chi connectivity index (χ0) is 16.0. The monoisotopic (exact) mass is 307 g/mol. The summed E-state index contributed by atoms with van der Waals surface area (Å²) in [4.78, 5) is 24.2. The fraction of sp³-hybridized carbons (Fsp3) is 0.583. The van der Waals surface area contributed by atoms with E-state index in [0.717, 1.165) is 16.9 Å². The summed E-state index contributed by atoms with van der Waals surface area (Å²) in [5, 5.41) is 3.28. The number of nitrogens with zero attached hydrogens (tertiary/aromatic N) is 3. The van der Waals surface area contributed by atoms with Gasteiger partial charge in [-0.1, -0.05) is 0 Å². The molecule has 0 aliphatic carbocycles. The summed E-state index contributed by atoms with van der Waals surface area (Å²) in [6.45, 7) is 1.73. The second-order valence-electron chi connectivity index (χ2n) is 4.27. The number of hydrogen-bond donors (Lipinski definition) is 0. The van der Waals surface area contributed by atoms with Crippen molar-refractivity contribution in [2.45, 2.75) is 26.1 Å². The summed E-state index contributed by atoms with van der Waals surface area (Å²) in [6.07, 6.45) is -3.42.